The number of nitrogens with zero attached hydrogens (tertiary/aromatic N) is 2. The first-order valence-electron chi connectivity index (χ1n) is 5.97. The van der Waals surface area contributed by atoms with Gasteiger partial charge in [0.15, 0.2) is 4.77 Å². The van der Waals surface area contributed by atoms with Crippen molar-refractivity contribution in [1.29, 1.82) is 0 Å². The Labute approximate surface area is 102 Å². The van der Waals surface area contributed by atoms with Crippen LogP contribution >= 0.6 is 12.2 Å². The molecule has 0 atom stereocenters. The second-order valence-corrected chi connectivity index (χ2v) is 5.53. The van der Waals surface area contributed by atoms with E-state index in [1.54, 1.807) is 0 Å². The summed E-state index contributed by atoms with van der Waals surface area (Å²) in [4.78, 5) is 5.51. The minimum absolute atomic E-state index is 0.311. The molecule has 0 aliphatic heterocycles. The van der Waals surface area contributed by atoms with E-state index in [9.17, 15) is 0 Å². The molecule has 0 unspecified atom stereocenters. The van der Waals surface area contributed by atoms with Crippen molar-refractivity contribution >= 4 is 12.2 Å². The van der Waals surface area contributed by atoms with Crippen molar-refractivity contribution < 1.29 is 0 Å². The summed E-state index contributed by atoms with van der Waals surface area (Å²) in [6.07, 6.45) is 7.25. The smallest absolute Gasteiger partial charge is 0.177 e. The average molecular weight is 239 g/mol. The van der Waals surface area contributed by atoms with Crippen LogP contribution in [0.4, 0.5) is 0 Å². The second-order valence-electron chi connectivity index (χ2n) is 5.15. The molecule has 0 aromatic carbocycles. The van der Waals surface area contributed by atoms with Gasteiger partial charge in [-0.05, 0) is 46.1 Å². The maximum Gasteiger partial charge on any atom is 0.177 e. The summed E-state index contributed by atoms with van der Waals surface area (Å²) in [6.45, 7) is 3.14. The highest BCUT2D eigenvalue weighted by molar-refractivity contribution is 7.71. The van der Waals surface area contributed by atoms with E-state index in [0.717, 1.165) is 11.3 Å². The molecule has 1 aromatic rings. The number of H-pyrrole nitrogens is 1. The topological polar surface area (TPSA) is 24.0 Å². The molecular weight excluding hydrogens is 218 g/mol. The van der Waals surface area contributed by atoms with Crippen LogP contribution in [0, 0.1) is 11.7 Å². The SMILES string of the molecule is Cc1c[nH]c(=S)n1CC1(N(C)C)CCCC1. The Morgan fingerprint density at radius 2 is 2.06 bits per heavy atom. The lowest BCUT2D eigenvalue weighted by Crippen LogP contribution is -2.45. The molecule has 0 spiro atoms. The molecule has 16 heavy (non-hydrogen) atoms. The van der Waals surface area contributed by atoms with Crippen LogP contribution in [0.15, 0.2) is 6.20 Å². The van der Waals surface area contributed by atoms with Crippen molar-refractivity contribution in [1.82, 2.24) is 14.5 Å². The zero-order chi connectivity index (χ0) is 11.8. The third kappa shape index (κ3) is 1.96. The Bertz CT molecular complexity index is 410. The van der Waals surface area contributed by atoms with Gasteiger partial charge in [-0.1, -0.05) is 12.8 Å². The van der Waals surface area contributed by atoms with Gasteiger partial charge >= 0.3 is 0 Å². The van der Waals surface area contributed by atoms with Crippen LogP contribution in [0.25, 0.3) is 0 Å². The maximum absolute atomic E-state index is 5.33. The van der Waals surface area contributed by atoms with E-state index in [-0.39, 0.29) is 0 Å². The molecule has 4 heteroatoms. The zero-order valence-corrected chi connectivity index (χ0v) is 11.2. The fourth-order valence-electron chi connectivity index (χ4n) is 2.75. The first kappa shape index (κ1) is 11.9. The van der Waals surface area contributed by atoms with E-state index in [1.165, 1.54) is 31.4 Å². The lowest BCUT2D eigenvalue weighted by Gasteiger charge is -2.37. The van der Waals surface area contributed by atoms with Gasteiger partial charge in [-0.25, -0.2) is 0 Å². The molecule has 0 amide bonds. The quantitative estimate of drug-likeness (QED) is 0.820. The van der Waals surface area contributed by atoms with Crippen molar-refractivity contribution in [3.63, 3.8) is 0 Å². The van der Waals surface area contributed by atoms with Crippen molar-refractivity contribution in [2.45, 2.75) is 44.7 Å². The van der Waals surface area contributed by atoms with Gasteiger partial charge < -0.3 is 14.5 Å². The monoisotopic (exact) mass is 239 g/mol. The molecule has 2 rings (SSSR count). The molecule has 0 radical (unpaired) electrons. The summed E-state index contributed by atoms with van der Waals surface area (Å²) in [5.41, 5.74) is 1.55. The molecule has 3 nitrogen and oxygen atoms in total. The number of aryl methyl sites for hydroxylation is 1. The molecular formula is C12H21N3S. The van der Waals surface area contributed by atoms with Gasteiger partial charge in [0, 0.05) is 24.0 Å². The number of hydrogen-bond acceptors (Lipinski definition) is 2. The summed E-state index contributed by atoms with van der Waals surface area (Å²) in [5.74, 6) is 0. The van der Waals surface area contributed by atoms with Gasteiger partial charge in [-0.2, -0.15) is 0 Å². The van der Waals surface area contributed by atoms with Crippen LogP contribution in [0.5, 0.6) is 0 Å². The average Bonchev–Trinajstić information content (AvgIpc) is 2.81. The van der Waals surface area contributed by atoms with Crippen molar-refractivity contribution in [3.8, 4) is 0 Å². The highest BCUT2D eigenvalue weighted by atomic mass is 32.1. The zero-order valence-electron chi connectivity index (χ0n) is 10.4. The Hall–Kier alpha value is -0.610. The molecule has 1 fully saturated rings. The minimum Gasteiger partial charge on any atom is -0.337 e. The lowest BCUT2D eigenvalue weighted by atomic mass is 9.96. The molecule has 90 valence electrons. The normalized spacial score (nSPS) is 19.5. The summed E-state index contributed by atoms with van der Waals surface area (Å²) < 4.78 is 3.09. The Morgan fingerprint density at radius 3 is 2.50 bits per heavy atom. The van der Waals surface area contributed by atoms with E-state index in [1.807, 2.05) is 6.20 Å². The van der Waals surface area contributed by atoms with Gasteiger partial charge in [0.05, 0.1) is 0 Å². The predicted molar refractivity (Wildman–Crippen MR) is 69.2 cm³/mol. The fraction of sp³-hybridized carbons (Fsp3) is 0.750. The van der Waals surface area contributed by atoms with Crippen LogP contribution in [0.1, 0.15) is 31.4 Å². The van der Waals surface area contributed by atoms with E-state index in [0.29, 0.717) is 5.54 Å². The van der Waals surface area contributed by atoms with Gasteiger partial charge in [-0.3, -0.25) is 0 Å². The molecule has 0 saturated heterocycles. The van der Waals surface area contributed by atoms with E-state index in [4.69, 9.17) is 12.2 Å². The third-order valence-corrected chi connectivity index (χ3v) is 4.35. The molecule has 1 aliphatic rings. The lowest BCUT2D eigenvalue weighted by molar-refractivity contribution is 0.132. The van der Waals surface area contributed by atoms with Gasteiger partial charge in [0.1, 0.15) is 0 Å². The number of aromatic amines is 1. The van der Waals surface area contributed by atoms with Crippen LogP contribution < -0.4 is 0 Å². The number of imidazole rings is 1. The summed E-state index contributed by atoms with van der Waals surface area (Å²) >= 11 is 5.33. The largest absolute Gasteiger partial charge is 0.337 e. The number of likely N-dealkylation sites (N-methyl/N-ethyl adjacent to an activating group) is 1. The van der Waals surface area contributed by atoms with Crippen LogP contribution in [0.3, 0.4) is 0 Å². The molecule has 1 saturated carbocycles. The number of nitrogens with one attached hydrogen (secondary N) is 1. The second kappa shape index (κ2) is 4.34. The maximum atomic E-state index is 5.33. The van der Waals surface area contributed by atoms with Crippen molar-refractivity contribution in [3.05, 3.63) is 16.7 Å². The Balaban J connectivity index is 2.28. The van der Waals surface area contributed by atoms with Crippen LogP contribution in [0.2, 0.25) is 0 Å². The standard InChI is InChI=1S/C12H21N3S/c1-10-8-13-11(16)15(10)9-12(14(2)3)6-4-5-7-12/h8H,4-7,9H2,1-3H3,(H,13,16). The van der Waals surface area contributed by atoms with Gasteiger partial charge in [0.25, 0.3) is 0 Å². The van der Waals surface area contributed by atoms with Gasteiger partial charge in [-0.15, -0.1) is 0 Å². The molecule has 1 heterocycles. The summed E-state index contributed by atoms with van der Waals surface area (Å²) in [6, 6.07) is 0. The highest BCUT2D eigenvalue weighted by Gasteiger charge is 2.36. The Kier molecular flexibility index (Phi) is 3.22. The fourth-order valence-corrected chi connectivity index (χ4v) is 3.02. The molecule has 0 bridgehead atoms. The van der Waals surface area contributed by atoms with Crippen molar-refractivity contribution in [2.75, 3.05) is 14.1 Å². The first-order chi connectivity index (χ1) is 7.55. The van der Waals surface area contributed by atoms with E-state index < -0.39 is 0 Å². The van der Waals surface area contributed by atoms with E-state index in [2.05, 4.69) is 35.5 Å². The van der Waals surface area contributed by atoms with Gasteiger partial charge in [0.2, 0.25) is 0 Å². The number of hydrogen-bond donors (Lipinski definition) is 1. The van der Waals surface area contributed by atoms with Crippen LogP contribution in [-0.4, -0.2) is 34.1 Å². The predicted octanol–water partition coefficient (Wildman–Crippen LogP) is 2.73. The number of rotatable bonds is 3. The number of aromatic nitrogens is 2. The Morgan fingerprint density at radius 1 is 1.44 bits per heavy atom. The van der Waals surface area contributed by atoms with E-state index >= 15 is 0 Å². The minimum atomic E-state index is 0.311. The van der Waals surface area contributed by atoms with Crippen molar-refractivity contribution in [2.24, 2.45) is 0 Å². The highest BCUT2D eigenvalue weighted by Crippen LogP contribution is 2.35. The molecule has 1 aliphatic carbocycles. The third-order valence-electron chi connectivity index (χ3n) is 4.01. The first-order valence-corrected chi connectivity index (χ1v) is 6.38. The molecule has 1 aromatic heterocycles. The van der Waals surface area contributed by atoms with Crippen LogP contribution in [-0.2, 0) is 6.54 Å². The summed E-state index contributed by atoms with van der Waals surface area (Å²) in [5, 5.41) is 0. The molecule has 1 N–H and O–H groups in total. The summed E-state index contributed by atoms with van der Waals surface area (Å²) in [7, 11) is 4.38.